The van der Waals surface area contributed by atoms with Crippen molar-refractivity contribution in [2.45, 2.75) is 50.1 Å². The molecule has 1 aromatic rings. The minimum Gasteiger partial charge on any atom is -0.479 e. The molecule has 2 aliphatic rings. The number of carbonyl (C=O) groups excluding carboxylic acids is 1. The molecule has 6 heteroatoms. The number of carbonyl (C=O) groups is 2. The first-order chi connectivity index (χ1) is 10.0. The monoisotopic (exact) mass is 308 g/mol. The van der Waals surface area contributed by atoms with Gasteiger partial charge in [0.15, 0.2) is 6.04 Å². The summed E-state index contributed by atoms with van der Waals surface area (Å²) in [6.45, 7) is 0.472. The summed E-state index contributed by atoms with van der Waals surface area (Å²) in [5.74, 6) is -1.08. The number of carboxylic acids is 1. The van der Waals surface area contributed by atoms with Crippen molar-refractivity contribution < 1.29 is 14.7 Å². The number of nitrogens with zero attached hydrogens (tertiary/aromatic N) is 1. The summed E-state index contributed by atoms with van der Waals surface area (Å²) < 4.78 is 0. The predicted octanol–water partition coefficient (Wildman–Crippen LogP) is 1.92. The second-order valence-electron chi connectivity index (χ2n) is 6.12. The third-order valence-electron chi connectivity index (χ3n) is 4.62. The van der Waals surface area contributed by atoms with E-state index in [0.717, 1.165) is 42.5 Å². The van der Waals surface area contributed by atoms with Gasteiger partial charge < -0.3 is 15.7 Å². The van der Waals surface area contributed by atoms with Gasteiger partial charge in [0.2, 0.25) is 5.91 Å². The lowest BCUT2D eigenvalue weighted by Crippen LogP contribution is -2.48. The number of hydrogen-bond acceptors (Lipinski definition) is 4. The first-order valence-electron chi connectivity index (χ1n) is 7.38. The highest BCUT2D eigenvalue weighted by atomic mass is 32.1. The number of carboxylic acid groups (broad SMARTS) is 1. The van der Waals surface area contributed by atoms with Crippen LogP contribution in [0.3, 0.4) is 0 Å². The van der Waals surface area contributed by atoms with Gasteiger partial charge in [-0.1, -0.05) is 12.8 Å². The minimum absolute atomic E-state index is 0.122. The van der Waals surface area contributed by atoms with Gasteiger partial charge in [-0.25, -0.2) is 4.79 Å². The molecule has 1 fully saturated rings. The number of thiophene rings is 1. The summed E-state index contributed by atoms with van der Waals surface area (Å²) in [6, 6.07) is 0.976. The predicted molar refractivity (Wildman–Crippen MR) is 80.1 cm³/mol. The fraction of sp³-hybridized carbons (Fsp3) is 0.600. The molecule has 1 aliphatic carbocycles. The first kappa shape index (κ1) is 14.5. The van der Waals surface area contributed by atoms with Crippen molar-refractivity contribution in [2.24, 2.45) is 5.73 Å². The van der Waals surface area contributed by atoms with E-state index in [4.69, 9.17) is 5.73 Å². The Kier molecular flexibility index (Phi) is 3.75. The van der Waals surface area contributed by atoms with Crippen LogP contribution in [0.5, 0.6) is 0 Å². The number of hydrogen-bond donors (Lipinski definition) is 2. The molecule has 21 heavy (non-hydrogen) atoms. The normalized spacial score (nSPS) is 23.9. The van der Waals surface area contributed by atoms with Crippen molar-refractivity contribution >= 4 is 23.2 Å². The van der Waals surface area contributed by atoms with E-state index in [-0.39, 0.29) is 12.3 Å². The molecule has 0 radical (unpaired) electrons. The van der Waals surface area contributed by atoms with Crippen molar-refractivity contribution in [1.29, 1.82) is 0 Å². The topological polar surface area (TPSA) is 83.6 Å². The first-order valence-corrected chi connectivity index (χ1v) is 8.26. The molecule has 5 nitrogen and oxygen atoms in total. The van der Waals surface area contributed by atoms with Crippen LogP contribution in [0, 0.1) is 0 Å². The minimum atomic E-state index is -0.958. The van der Waals surface area contributed by atoms with Crippen LogP contribution in [0.25, 0.3) is 0 Å². The maximum atomic E-state index is 12.6. The van der Waals surface area contributed by atoms with Gasteiger partial charge in [-0.05, 0) is 36.3 Å². The van der Waals surface area contributed by atoms with E-state index in [9.17, 15) is 14.7 Å². The van der Waals surface area contributed by atoms with Gasteiger partial charge in [-0.2, -0.15) is 0 Å². The molecular weight excluding hydrogens is 288 g/mol. The number of rotatable bonds is 3. The Labute approximate surface area is 127 Å². The molecule has 2 heterocycles. The third kappa shape index (κ3) is 2.70. The Morgan fingerprint density at radius 3 is 2.81 bits per heavy atom. The lowest BCUT2D eigenvalue weighted by atomic mass is 9.92. The Morgan fingerprint density at radius 2 is 2.14 bits per heavy atom. The van der Waals surface area contributed by atoms with Crippen molar-refractivity contribution in [2.75, 3.05) is 6.54 Å². The zero-order chi connectivity index (χ0) is 15.0. The average molecular weight is 308 g/mol. The van der Waals surface area contributed by atoms with Crippen LogP contribution in [0.15, 0.2) is 11.4 Å². The van der Waals surface area contributed by atoms with E-state index in [0.29, 0.717) is 6.54 Å². The SMILES string of the molecule is NC1(CC(=O)N2CCc3sccc3C2C(=O)O)CCCC1. The molecule has 3 N–H and O–H groups in total. The van der Waals surface area contributed by atoms with Gasteiger partial charge in [0, 0.05) is 23.4 Å². The fourth-order valence-electron chi connectivity index (χ4n) is 3.51. The Balaban J connectivity index is 1.81. The molecule has 0 saturated heterocycles. The van der Waals surface area contributed by atoms with Crippen LogP contribution in [-0.4, -0.2) is 34.0 Å². The van der Waals surface area contributed by atoms with Crippen molar-refractivity contribution in [3.63, 3.8) is 0 Å². The number of amides is 1. The maximum absolute atomic E-state index is 12.6. The van der Waals surface area contributed by atoms with E-state index >= 15 is 0 Å². The Morgan fingerprint density at radius 1 is 1.43 bits per heavy atom. The van der Waals surface area contributed by atoms with E-state index in [2.05, 4.69) is 0 Å². The van der Waals surface area contributed by atoms with Gasteiger partial charge >= 0.3 is 5.97 Å². The van der Waals surface area contributed by atoms with Crippen molar-refractivity contribution in [3.05, 3.63) is 21.9 Å². The highest BCUT2D eigenvalue weighted by Gasteiger charge is 2.40. The summed E-state index contributed by atoms with van der Waals surface area (Å²) in [6.07, 6.45) is 4.82. The lowest BCUT2D eigenvalue weighted by Gasteiger charge is -2.35. The van der Waals surface area contributed by atoms with Crippen molar-refractivity contribution in [1.82, 2.24) is 4.90 Å². The zero-order valence-electron chi connectivity index (χ0n) is 11.9. The molecule has 3 rings (SSSR count). The summed E-state index contributed by atoms with van der Waals surface area (Å²) in [7, 11) is 0. The second kappa shape index (κ2) is 5.42. The molecule has 1 aromatic heterocycles. The molecule has 1 amide bonds. The van der Waals surface area contributed by atoms with Crippen LogP contribution in [0.2, 0.25) is 0 Å². The van der Waals surface area contributed by atoms with Gasteiger partial charge in [0.1, 0.15) is 0 Å². The number of fused-ring (bicyclic) bond motifs is 1. The highest BCUT2D eigenvalue weighted by molar-refractivity contribution is 7.10. The molecule has 1 saturated carbocycles. The Bertz CT molecular complexity index is 563. The largest absolute Gasteiger partial charge is 0.479 e. The summed E-state index contributed by atoms with van der Waals surface area (Å²) in [5, 5.41) is 11.4. The maximum Gasteiger partial charge on any atom is 0.331 e. The quantitative estimate of drug-likeness (QED) is 0.893. The smallest absolute Gasteiger partial charge is 0.331 e. The molecule has 114 valence electrons. The van der Waals surface area contributed by atoms with Crippen molar-refractivity contribution in [3.8, 4) is 0 Å². The van der Waals surface area contributed by atoms with Gasteiger partial charge in [0.05, 0.1) is 0 Å². The lowest BCUT2D eigenvalue weighted by molar-refractivity contribution is -0.151. The van der Waals surface area contributed by atoms with Gasteiger partial charge in [-0.3, -0.25) is 4.79 Å². The molecule has 1 unspecified atom stereocenters. The molecular formula is C15H20N2O3S. The van der Waals surface area contributed by atoms with E-state index < -0.39 is 17.6 Å². The van der Waals surface area contributed by atoms with Gasteiger partial charge in [0.25, 0.3) is 0 Å². The van der Waals surface area contributed by atoms with Crippen LogP contribution in [0.4, 0.5) is 0 Å². The fourth-order valence-corrected chi connectivity index (χ4v) is 4.41. The number of aliphatic carboxylic acids is 1. The van der Waals surface area contributed by atoms with Crippen LogP contribution >= 0.6 is 11.3 Å². The number of nitrogens with two attached hydrogens (primary N) is 1. The molecule has 0 spiro atoms. The zero-order valence-corrected chi connectivity index (χ0v) is 12.7. The van der Waals surface area contributed by atoms with Crippen LogP contribution in [0.1, 0.15) is 48.6 Å². The second-order valence-corrected chi connectivity index (χ2v) is 7.12. The third-order valence-corrected chi connectivity index (χ3v) is 5.62. The molecule has 1 aliphatic heterocycles. The molecule has 0 aromatic carbocycles. The van der Waals surface area contributed by atoms with Crippen LogP contribution in [-0.2, 0) is 16.0 Å². The highest BCUT2D eigenvalue weighted by Crippen LogP contribution is 2.36. The summed E-state index contributed by atoms with van der Waals surface area (Å²) in [4.78, 5) is 26.8. The van der Waals surface area contributed by atoms with Gasteiger partial charge in [-0.15, -0.1) is 11.3 Å². The summed E-state index contributed by atoms with van der Waals surface area (Å²) in [5.41, 5.74) is 6.60. The Hall–Kier alpha value is -1.40. The summed E-state index contributed by atoms with van der Waals surface area (Å²) >= 11 is 1.57. The van der Waals surface area contributed by atoms with Crippen LogP contribution < -0.4 is 5.73 Å². The average Bonchev–Trinajstić information content (AvgIpc) is 3.05. The molecule has 0 bridgehead atoms. The molecule has 1 atom stereocenters. The van der Waals surface area contributed by atoms with E-state index in [1.54, 1.807) is 11.3 Å². The standard InChI is InChI=1S/C15H20N2O3S/c16-15(5-1-2-6-15)9-12(18)17-7-3-11-10(4-8-21-11)13(17)14(19)20/h4,8,13H,1-3,5-7,9,16H2,(H,19,20). The van der Waals surface area contributed by atoms with E-state index in [1.165, 1.54) is 4.90 Å². The van der Waals surface area contributed by atoms with E-state index in [1.807, 2.05) is 11.4 Å².